The summed E-state index contributed by atoms with van der Waals surface area (Å²) in [5.74, 6) is 3.12. The van der Waals surface area contributed by atoms with E-state index >= 15 is 0 Å². The molecule has 0 aliphatic carbocycles. The lowest BCUT2D eigenvalue weighted by Crippen LogP contribution is -2.25. The zero-order chi connectivity index (χ0) is 26.1. The van der Waals surface area contributed by atoms with Gasteiger partial charge in [-0.1, -0.05) is 0 Å². The fourth-order valence-electron chi connectivity index (χ4n) is 3.75. The summed E-state index contributed by atoms with van der Waals surface area (Å²) in [4.78, 5) is 22.8. The van der Waals surface area contributed by atoms with Crippen LogP contribution >= 0.6 is 0 Å². The van der Waals surface area contributed by atoms with Crippen molar-refractivity contribution in [2.75, 3.05) is 47.6 Å². The summed E-state index contributed by atoms with van der Waals surface area (Å²) in [6.07, 6.45) is 1.35. The van der Waals surface area contributed by atoms with Crippen LogP contribution in [0, 0.1) is 0 Å². The SMILES string of the molecule is COC(=O)Cc1ncnc(N(Cc2ccc(OC)cc2OC)Cc2ccc(OC)cc2OC)c1OC. The number of esters is 1. The van der Waals surface area contributed by atoms with Gasteiger partial charge in [0.05, 0.1) is 54.8 Å². The smallest absolute Gasteiger partial charge is 0.311 e. The van der Waals surface area contributed by atoms with Crippen LogP contribution in [-0.2, 0) is 29.0 Å². The van der Waals surface area contributed by atoms with Crippen LogP contribution in [0.4, 0.5) is 5.82 Å². The number of rotatable bonds is 12. The maximum atomic E-state index is 12.0. The fraction of sp³-hybridized carbons (Fsp3) is 0.346. The van der Waals surface area contributed by atoms with Gasteiger partial charge in [-0.15, -0.1) is 0 Å². The maximum absolute atomic E-state index is 12.0. The Balaban J connectivity index is 2.11. The van der Waals surface area contributed by atoms with Crippen molar-refractivity contribution in [1.82, 2.24) is 9.97 Å². The molecule has 0 aliphatic heterocycles. The van der Waals surface area contributed by atoms with E-state index in [2.05, 4.69) is 9.97 Å². The Labute approximate surface area is 210 Å². The third-order valence-electron chi connectivity index (χ3n) is 5.61. The van der Waals surface area contributed by atoms with Gasteiger partial charge < -0.3 is 33.3 Å². The minimum atomic E-state index is -0.432. The number of benzene rings is 2. The minimum Gasteiger partial charge on any atom is -0.497 e. The highest BCUT2D eigenvalue weighted by Gasteiger charge is 2.23. The van der Waals surface area contributed by atoms with Gasteiger partial charge in [0, 0.05) is 36.3 Å². The molecule has 0 N–H and O–H groups in total. The predicted molar refractivity (Wildman–Crippen MR) is 133 cm³/mol. The van der Waals surface area contributed by atoms with E-state index in [1.165, 1.54) is 20.5 Å². The molecule has 1 heterocycles. The molecule has 0 radical (unpaired) electrons. The van der Waals surface area contributed by atoms with Gasteiger partial charge in [-0.3, -0.25) is 4.79 Å². The van der Waals surface area contributed by atoms with Gasteiger partial charge in [0.25, 0.3) is 0 Å². The van der Waals surface area contributed by atoms with Crippen LogP contribution in [0.15, 0.2) is 42.7 Å². The molecular weight excluding hydrogens is 466 g/mol. The Bertz CT molecular complexity index is 1130. The molecule has 0 aliphatic rings. The van der Waals surface area contributed by atoms with Gasteiger partial charge in [0.1, 0.15) is 29.3 Å². The Kier molecular flexibility index (Phi) is 9.15. The number of ether oxygens (including phenoxy) is 6. The van der Waals surface area contributed by atoms with E-state index < -0.39 is 5.97 Å². The lowest BCUT2D eigenvalue weighted by atomic mass is 10.1. The number of nitrogens with zero attached hydrogens (tertiary/aromatic N) is 3. The highest BCUT2D eigenvalue weighted by Crippen LogP contribution is 2.35. The fourth-order valence-corrected chi connectivity index (χ4v) is 3.75. The molecule has 0 saturated heterocycles. The summed E-state index contributed by atoms with van der Waals surface area (Å²) in [6, 6.07) is 11.2. The zero-order valence-corrected chi connectivity index (χ0v) is 21.4. The Morgan fingerprint density at radius 3 is 1.75 bits per heavy atom. The Hall–Kier alpha value is -4.21. The third kappa shape index (κ3) is 6.07. The molecule has 0 saturated carbocycles. The quantitative estimate of drug-likeness (QED) is 0.346. The molecule has 0 amide bonds. The molecule has 0 unspecified atom stereocenters. The molecule has 36 heavy (non-hydrogen) atoms. The van der Waals surface area contributed by atoms with Gasteiger partial charge in [0.2, 0.25) is 0 Å². The van der Waals surface area contributed by atoms with Crippen LogP contribution in [0.1, 0.15) is 16.8 Å². The van der Waals surface area contributed by atoms with E-state index in [1.54, 1.807) is 28.4 Å². The monoisotopic (exact) mass is 497 g/mol. The van der Waals surface area contributed by atoms with Gasteiger partial charge >= 0.3 is 5.97 Å². The highest BCUT2D eigenvalue weighted by molar-refractivity contribution is 5.74. The van der Waals surface area contributed by atoms with Crippen LogP contribution in [0.2, 0.25) is 0 Å². The van der Waals surface area contributed by atoms with E-state index in [4.69, 9.17) is 28.4 Å². The van der Waals surface area contributed by atoms with Gasteiger partial charge in [0.15, 0.2) is 11.6 Å². The second-order valence-corrected chi connectivity index (χ2v) is 7.64. The molecule has 2 aromatic carbocycles. The van der Waals surface area contributed by atoms with Crippen LogP contribution in [-0.4, -0.2) is 58.6 Å². The molecule has 0 spiro atoms. The number of hydrogen-bond acceptors (Lipinski definition) is 10. The first kappa shape index (κ1) is 26.4. The molecule has 10 nitrogen and oxygen atoms in total. The summed E-state index contributed by atoms with van der Waals surface area (Å²) in [5, 5.41) is 0. The number of aromatic nitrogens is 2. The number of carbonyl (C=O) groups is 1. The van der Waals surface area contributed by atoms with E-state index in [0.29, 0.717) is 53.3 Å². The third-order valence-corrected chi connectivity index (χ3v) is 5.61. The van der Waals surface area contributed by atoms with E-state index in [1.807, 2.05) is 41.3 Å². The van der Waals surface area contributed by atoms with Crippen LogP contribution in [0.3, 0.4) is 0 Å². The molecule has 192 valence electrons. The molecule has 0 bridgehead atoms. The Morgan fingerprint density at radius 2 is 1.31 bits per heavy atom. The van der Waals surface area contributed by atoms with Gasteiger partial charge in [-0.2, -0.15) is 0 Å². The molecule has 10 heteroatoms. The molecule has 3 aromatic rings. The topological polar surface area (TPSA) is 101 Å². The van der Waals surface area contributed by atoms with Crippen molar-refractivity contribution in [3.8, 4) is 28.7 Å². The van der Waals surface area contributed by atoms with E-state index in [0.717, 1.165) is 11.1 Å². The first-order valence-electron chi connectivity index (χ1n) is 11.1. The lowest BCUT2D eigenvalue weighted by molar-refractivity contribution is -0.139. The predicted octanol–water partition coefficient (Wildman–Crippen LogP) is 3.44. The second kappa shape index (κ2) is 12.5. The molecule has 3 rings (SSSR count). The normalized spacial score (nSPS) is 10.4. The second-order valence-electron chi connectivity index (χ2n) is 7.64. The van der Waals surface area contributed by atoms with Crippen molar-refractivity contribution in [1.29, 1.82) is 0 Å². The standard InChI is InChI=1S/C26H31N3O7/c1-31-19-9-7-17(22(11-19)33-3)14-29(15-18-8-10-20(32-2)12-23(18)34-4)26-25(36-6)21(27-16-28-26)13-24(30)35-5/h7-12,16H,13-15H2,1-6H3. The van der Waals surface area contributed by atoms with Gasteiger partial charge in [-0.25, -0.2) is 9.97 Å². The summed E-state index contributed by atoms with van der Waals surface area (Å²) in [7, 11) is 9.26. The summed E-state index contributed by atoms with van der Waals surface area (Å²) in [6.45, 7) is 0.792. The van der Waals surface area contributed by atoms with Crippen LogP contribution in [0.25, 0.3) is 0 Å². The molecule has 0 fully saturated rings. The van der Waals surface area contributed by atoms with Crippen molar-refractivity contribution in [3.63, 3.8) is 0 Å². The van der Waals surface area contributed by atoms with Crippen LogP contribution in [0.5, 0.6) is 28.7 Å². The minimum absolute atomic E-state index is 0.0548. The molecule has 1 aromatic heterocycles. The number of hydrogen-bond donors (Lipinski definition) is 0. The number of anilines is 1. The van der Waals surface area contributed by atoms with Crippen molar-refractivity contribution >= 4 is 11.8 Å². The molecule has 0 atom stereocenters. The van der Waals surface area contributed by atoms with Crippen molar-refractivity contribution < 1.29 is 33.2 Å². The number of carbonyl (C=O) groups excluding carboxylic acids is 1. The van der Waals surface area contributed by atoms with Crippen molar-refractivity contribution in [2.24, 2.45) is 0 Å². The largest absolute Gasteiger partial charge is 0.497 e. The maximum Gasteiger partial charge on any atom is 0.311 e. The van der Waals surface area contributed by atoms with Crippen molar-refractivity contribution in [2.45, 2.75) is 19.5 Å². The first-order chi connectivity index (χ1) is 17.5. The lowest BCUT2D eigenvalue weighted by Gasteiger charge is -2.27. The van der Waals surface area contributed by atoms with E-state index in [9.17, 15) is 4.79 Å². The highest BCUT2D eigenvalue weighted by atomic mass is 16.5. The molecular formula is C26H31N3O7. The van der Waals surface area contributed by atoms with Gasteiger partial charge in [-0.05, 0) is 24.3 Å². The number of methoxy groups -OCH3 is 6. The van der Waals surface area contributed by atoms with E-state index in [-0.39, 0.29) is 6.42 Å². The van der Waals surface area contributed by atoms with Crippen LogP contribution < -0.4 is 28.6 Å². The van der Waals surface area contributed by atoms with Crippen molar-refractivity contribution in [3.05, 3.63) is 59.5 Å². The Morgan fingerprint density at radius 1 is 0.750 bits per heavy atom. The summed E-state index contributed by atoms with van der Waals surface area (Å²) >= 11 is 0. The average Bonchev–Trinajstić information content (AvgIpc) is 2.92. The summed E-state index contributed by atoms with van der Waals surface area (Å²) in [5.41, 5.74) is 2.20. The average molecular weight is 498 g/mol. The first-order valence-corrected chi connectivity index (χ1v) is 11.1. The zero-order valence-electron chi connectivity index (χ0n) is 21.4. The summed E-state index contributed by atoms with van der Waals surface area (Å²) < 4.78 is 32.4.